The minimum atomic E-state index is 0.465. The van der Waals surface area contributed by atoms with E-state index in [2.05, 4.69) is 0 Å². The van der Waals surface area contributed by atoms with Crippen LogP contribution < -0.4 is 4.74 Å². The highest BCUT2D eigenvalue weighted by Crippen LogP contribution is 2.24. The molecule has 1 heterocycles. The molecule has 0 saturated heterocycles. The molecule has 0 aliphatic rings. The Morgan fingerprint density at radius 1 is 1.73 bits per heavy atom. The fourth-order valence-electron chi connectivity index (χ4n) is 0.837. The predicted octanol–water partition coefficient (Wildman–Crippen LogP) is 1.89. The molecule has 1 aromatic heterocycles. The van der Waals surface area contributed by atoms with Gasteiger partial charge in [-0.15, -0.1) is 11.3 Å². The number of carbonyl (C=O) groups is 1. The van der Waals surface area contributed by atoms with Crippen LogP contribution in [0.4, 0.5) is 0 Å². The van der Waals surface area contributed by atoms with Gasteiger partial charge >= 0.3 is 0 Å². The lowest BCUT2D eigenvalue weighted by molar-refractivity contribution is -0.107. The highest BCUT2D eigenvalue weighted by Gasteiger charge is 2.02. The van der Waals surface area contributed by atoms with E-state index in [0.29, 0.717) is 13.0 Å². The minimum absolute atomic E-state index is 0.465. The van der Waals surface area contributed by atoms with Crippen LogP contribution in [0, 0.1) is 0 Å². The van der Waals surface area contributed by atoms with Crippen molar-refractivity contribution >= 4 is 17.6 Å². The van der Waals surface area contributed by atoms with Crippen molar-refractivity contribution < 1.29 is 9.53 Å². The van der Waals surface area contributed by atoms with Crippen LogP contribution in [0.1, 0.15) is 11.8 Å². The molecule has 0 radical (unpaired) electrons. The van der Waals surface area contributed by atoms with Gasteiger partial charge in [-0.2, -0.15) is 0 Å². The Morgan fingerprint density at radius 2 is 2.55 bits per heavy atom. The first-order chi connectivity index (χ1) is 5.38. The summed E-state index contributed by atoms with van der Waals surface area (Å²) in [5, 5.41) is 1.93. The molecule has 0 bridgehead atoms. The second kappa shape index (κ2) is 4.13. The van der Waals surface area contributed by atoms with Crippen molar-refractivity contribution in [2.45, 2.75) is 13.3 Å². The Kier molecular flexibility index (Phi) is 3.11. The van der Waals surface area contributed by atoms with Crippen molar-refractivity contribution in [1.29, 1.82) is 0 Å². The van der Waals surface area contributed by atoms with Crippen molar-refractivity contribution in [2.24, 2.45) is 0 Å². The number of carbonyl (C=O) groups excluding carboxylic acids is 1. The molecule has 0 N–H and O–H groups in total. The lowest BCUT2D eigenvalue weighted by Crippen LogP contribution is -1.93. The highest BCUT2D eigenvalue weighted by molar-refractivity contribution is 7.10. The van der Waals surface area contributed by atoms with Crippen molar-refractivity contribution in [3.63, 3.8) is 0 Å². The lowest BCUT2D eigenvalue weighted by Gasteiger charge is -2.00. The van der Waals surface area contributed by atoms with Crippen LogP contribution in [0.5, 0.6) is 5.75 Å². The number of aldehydes is 1. The normalized spacial score (nSPS) is 9.55. The maximum Gasteiger partial charge on any atom is 0.133 e. The van der Waals surface area contributed by atoms with Gasteiger partial charge in [0.05, 0.1) is 11.5 Å². The van der Waals surface area contributed by atoms with Crippen molar-refractivity contribution in [2.75, 3.05) is 6.61 Å². The van der Waals surface area contributed by atoms with E-state index in [4.69, 9.17) is 4.74 Å². The quantitative estimate of drug-likeness (QED) is 0.645. The lowest BCUT2D eigenvalue weighted by atomic mass is 10.3. The fourth-order valence-corrected chi connectivity index (χ4v) is 1.60. The molecule has 0 spiro atoms. The summed E-state index contributed by atoms with van der Waals surface area (Å²) in [6, 6.07) is 1.90. The SMILES string of the molecule is CCOc1ccsc1CC=O. The zero-order valence-corrected chi connectivity index (χ0v) is 7.19. The van der Waals surface area contributed by atoms with E-state index in [0.717, 1.165) is 16.9 Å². The van der Waals surface area contributed by atoms with Gasteiger partial charge in [0.1, 0.15) is 12.0 Å². The summed E-state index contributed by atoms with van der Waals surface area (Å²) in [4.78, 5) is 11.2. The number of hydrogen-bond donors (Lipinski definition) is 0. The number of rotatable bonds is 4. The monoisotopic (exact) mass is 170 g/mol. The molecule has 0 aliphatic carbocycles. The largest absolute Gasteiger partial charge is 0.493 e. The maximum absolute atomic E-state index is 10.2. The van der Waals surface area contributed by atoms with E-state index >= 15 is 0 Å². The third kappa shape index (κ3) is 2.05. The summed E-state index contributed by atoms with van der Waals surface area (Å²) >= 11 is 1.56. The summed E-state index contributed by atoms with van der Waals surface area (Å²) in [5.74, 6) is 0.851. The first-order valence-electron chi connectivity index (χ1n) is 3.51. The smallest absolute Gasteiger partial charge is 0.133 e. The minimum Gasteiger partial charge on any atom is -0.493 e. The Morgan fingerprint density at radius 3 is 3.18 bits per heavy atom. The van der Waals surface area contributed by atoms with Gasteiger partial charge in [-0.25, -0.2) is 0 Å². The van der Waals surface area contributed by atoms with Gasteiger partial charge in [0, 0.05) is 6.42 Å². The predicted molar refractivity (Wildman–Crippen MR) is 45.3 cm³/mol. The van der Waals surface area contributed by atoms with Gasteiger partial charge in [0.2, 0.25) is 0 Å². The molecule has 60 valence electrons. The Balaban J connectivity index is 2.69. The van der Waals surface area contributed by atoms with Crippen molar-refractivity contribution in [1.82, 2.24) is 0 Å². The first kappa shape index (κ1) is 8.27. The molecular weight excluding hydrogens is 160 g/mol. The molecule has 2 nitrogen and oxygen atoms in total. The zero-order valence-electron chi connectivity index (χ0n) is 6.37. The molecular formula is C8H10O2S. The van der Waals surface area contributed by atoms with Gasteiger partial charge in [-0.1, -0.05) is 0 Å². The molecule has 0 aromatic carbocycles. The van der Waals surface area contributed by atoms with Gasteiger partial charge < -0.3 is 9.53 Å². The third-order valence-corrected chi connectivity index (χ3v) is 2.20. The molecule has 1 rings (SSSR count). The van der Waals surface area contributed by atoms with E-state index in [-0.39, 0.29) is 0 Å². The molecule has 1 aromatic rings. The van der Waals surface area contributed by atoms with E-state index in [1.54, 1.807) is 11.3 Å². The average Bonchev–Trinajstić information content (AvgIpc) is 2.39. The molecule has 11 heavy (non-hydrogen) atoms. The van der Waals surface area contributed by atoms with E-state index in [9.17, 15) is 4.79 Å². The van der Waals surface area contributed by atoms with Crippen LogP contribution in [0.2, 0.25) is 0 Å². The fraction of sp³-hybridized carbons (Fsp3) is 0.375. The van der Waals surface area contributed by atoms with Crippen LogP contribution >= 0.6 is 11.3 Å². The van der Waals surface area contributed by atoms with Crippen molar-refractivity contribution in [3.05, 3.63) is 16.3 Å². The first-order valence-corrected chi connectivity index (χ1v) is 4.39. The Bertz CT molecular complexity index is 230. The van der Waals surface area contributed by atoms with Gasteiger partial charge in [-0.05, 0) is 18.4 Å². The zero-order chi connectivity index (χ0) is 8.10. The molecule has 0 fully saturated rings. The highest BCUT2D eigenvalue weighted by atomic mass is 32.1. The molecule has 0 aliphatic heterocycles. The molecule has 0 saturated carbocycles. The topological polar surface area (TPSA) is 26.3 Å². The Labute approximate surface area is 69.8 Å². The van der Waals surface area contributed by atoms with Crippen LogP contribution in [-0.4, -0.2) is 12.9 Å². The summed E-state index contributed by atoms with van der Waals surface area (Å²) in [5.41, 5.74) is 0. The maximum atomic E-state index is 10.2. The standard InChI is InChI=1S/C8H10O2S/c1-2-10-7-4-6-11-8(7)3-5-9/h4-6H,2-3H2,1H3. The van der Waals surface area contributed by atoms with Gasteiger partial charge in [0.25, 0.3) is 0 Å². The summed E-state index contributed by atoms with van der Waals surface area (Å²) in [6.45, 7) is 2.59. The van der Waals surface area contributed by atoms with Crippen LogP contribution in [0.3, 0.4) is 0 Å². The number of ether oxygens (including phenoxy) is 1. The van der Waals surface area contributed by atoms with Crippen molar-refractivity contribution in [3.8, 4) is 5.75 Å². The molecule has 3 heteroatoms. The second-order valence-corrected chi connectivity index (χ2v) is 3.01. The second-order valence-electron chi connectivity index (χ2n) is 2.01. The van der Waals surface area contributed by atoms with Crippen LogP contribution in [-0.2, 0) is 11.2 Å². The molecule has 0 unspecified atom stereocenters. The molecule has 0 amide bonds. The molecule has 0 atom stereocenters. The van der Waals surface area contributed by atoms with Gasteiger partial charge in [-0.3, -0.25) is 0 Å². The average molecular weight is 170 g/mol. The summed E-state index contributed by atoms with van der Waals surface area (Å²) < 4.78 is 5.28. The Hall–Kier alpha value is -0.830. The van der Waals surface area contributed by atoms with Gasteiger partial charge in [0.15, 0.2) is 0 Å². The van der Waals surface area contributed by atoms with E-state index < -0.39 is 0 Å². The summed E-state index contributed by atoms with van der Waals surface area (Å²) in [6.07, 6.45) is 1.36. The summed E-state index contributed by atoms with van der Waals surface area (Å²) in [7, 11) is 0. The van der Waals surface area contributed by atoms with E-state index in [1.165, 1.54) is 0 Å². The van der Waals surface area contributed by atoms with Crippen LogP contribution in [0.15, 0.2) is 11.4 Å². The number of hydrogen-bond acceptors (Lipinski definition) is 3. The van der Waals surface area contributed by atoms with E-state index in [1.807, 2.05) is 18.4 Å². The third-order valence-electron chi connectivity index (χ3n) is 1.27. The number of thiophene rings is 1. The van der Waals surface area contributed by atoms with Crippen LogP contribution in [0.25, 0.3) is 0 Å².